The number of aromatic carboxylic acids is 1. The third kappa shape index (κ3) is 10.6. The van der Waals surface area contributed by atoms with E-state index in [1.165, 1.54) is 60.8 Å². The van der Waals surface area contributed by atoms with Crippen LogP contribution in [0.5, 0.6) is 0 Å². The molecule has 0 unspecified atom stereocenters. The van der Waals surface area contributed by atoms with Crippen molar-refractivity contribution in [3.8, 4) is 44.6 Å². The zero-order valence-electron chi connectivity index (χ0n) is 35.2. The Kier molecular flexibility index (Phi) is 12.9. The van der Waals surface area contributed by atoms with Gasteiger partial charge in [0.1, 0.15) is 11.6 Å². The Labute approximate surface area is 366 Å². The SMILES string of the molecule is CC(C)(C)NS(=O)(=O)c1ccccc1-c1ccc(-c2ccc3[nH]c(=O)[nH]c(=O)c3c2)c(F)c1.CC(C)(C)NS(=O)(=O)c1ccccc1-c1ccc(-c2cnc(N)c(C(=O)O)n2)c(F)c1. The quantitative estimate of drug-likeness (QED) is 0.0855. The number of nitrogens with two attached hydrogens (primary N) is 1. The number of fused-ring (bicyclic) bond motifs is 1. The number of sulfonamides is 2. The number of nitrogens with one attached hydrogen (secondary N) is 4. The van der Waals surface area contributed by atoms with E-state index in [2.05, 4.69) is 29.4 Å². The summed E-state index contributed by atoms with van der Waals surface area (Å²) in [4.78, 5) is 47.1. The van der Waals surface area contributed by atoms with E-state index < -0.39 is 65.7 Å². The number of nitrogens with zero attached hydrogens (tertiary/aromatic N) is 2. The Hall–Kier alpha value is -6.93. The molecule has 0 fully saturated rings. The molecule has 0 atom stereocenters. The van der Waals surface area contributed by atoms with Crippen molar-refractivity contribution < 1.29 is 35.5 Å². The van der Waals surface area contributed by atoms with Crippen LogP contribution in [-0.4, -0.2) is 58.9 Å². The summed E-state index contributed by atoms with van der Waals surface area (Å²) in [5, 5.41) is 9.37. The maximum atomic E-state index is 15.2. The monoisotopic (exact) mass is 911 g/mol. The van der Waals surface area contributed by atoms with E-state index in [1.807, 2.05) is 0 Å². The first-order valence-electron chi connectivity index (χ1n) is 19.3. The fourth-order valence-corrected chi connectivity index (χ4v) is 9.92. The number of nitrogen functional groups attached to an aromatic ring is 1. The molecule has 0 spiro atoms. The second-order valence-corrected chi connectivity index (χ2v) is 19.9. The summed E-state index contributed by atoms with van der Waals surface area (Å²) in [5.74, 6) is -2.96. The third-order valence-corrected chi connectivity index (χ3v) is 12.8. The summed E-state index contributed by atoms with van der Waals surface area (Å²) in [6.45, 7) is 10.4. The van der Waals surface area contributed by atoms with Crippen molar-refractivity contribution >= 4 is 42.7 Å². The topological polar surface area (TPSA) is 247 Å². The molecule has 0 radical (unpaired) electrons. The smallest absolute Gasteiger partial charge is 0.358 e. The first kappa shape index (κ1) is 46.6. The van der Waals surface area contributed by atoms with Gasteiger partial charge in [-0.3, -0.25) is 9.78 Å². The van der Waals surface area contributed by atoms with Gasteiger partial charge in [-0.05, 0) is 101 Å². The van der Waals surface area contributed by atoms with Gasteiger partial charge in [-0.2, -0.15) is 0 Å². The van der Waals surface area contributed by atoms with Crippen LogP contribution in [0.3, 0.4) is 0 Å². The molecule has 2 aromatic heterocycles. The van der Waals surface area contributed by atoms with Gasteiger partial charge < -0.3 is 15.8 Å². The Morgan fingerprint density at radius 3 is 1.61 bits per heavy atom. The van der Waals surface area contributed by atoms with Crippen LogP contribution in [0, 0.1) is 11.6 Å². The van der Waals surface area contributed by atoms with Gasteiger partial charge in [0, 0.05) is 33.3 Å². The molecule has 7 N–H and O–H groups in total. The molecule has 0 saturated heterocycles. The number of benzene rings is 5. The van der Waals surface area contributed by atoms with Gasteiger partial charge in [-0.25, -0.2) is 54.6 Å². The fraction of sp³-hybridized carbons (Fsp3) is 0.178. The molecule has 5 aromatic carbocycles. The molecule has 7 aromatic rings. The van der Waals surface area contributed by atoms with Crippen molar-refractivity contribution in [1.82, 2.24) is 29.4 Å². The summed E-state index contributed by atoms with van der Waals surface area (Å²) in [6.07, 6.45) is 1.17. The first-order chi connectivity index (χ1) is 29.8. The lowest BCUT2D eigenvalue weighted by atomic mass is 9.99. The number of rotatable bonds is 9. The largest absolute Gasteiger partial charge is 0.476 e. The molecule has 0 bridgehead atoms. The number of carbonyl (C=O) groups is 1. The van der Waals surface area contributed by atoms with Crippen molar-refractivity contribution in [2.75, 3.05) is 5.73 Å². The number of anilines is 1. The average molecular weight is 912 g/mol. The number of aromatic nitrogens is 4. The Morgan fingerprint density at radius 1 is 0.656 bits per heavy atom. The van der Waals surface area contributed by atoms with Gasteiger partial charge in [0.25, 0.3) is 5.56 Å². The highest BCUT2D eigenvalue weighted by molar-refractivity contribution is 7.90. The van der Waals surface area contributed by atoms with E-state index in [0.29, 0.717) is 33.3 Å². The van der Waals surface area contributed by atoms with Crippen LogP contribution in [0.15, 0.2) is 129 Å². The van der Waals surface area contributed by atoms with Gasteiger partial charge in [0.2, 0.25) is 20.0 Å². The van der Waals surface area contributed by atoms with Crippen LogP contribution in [0.4, 0.5) is 14.6 Å². The Morgan fingerprint density at radius 2 is 1.12 bits per heavy atom. The molecule has 0 saturated carbocycles. The third-order valence-electron chi connectivity index (χ3n) is 9.12. The van der Waals surface area contributed by atoms with Crippen LogP contribution < -0.4 is 26.4 Å². The van der Waals surface area contributed by atoms with Crippen molar-refractivity contribution in [3.05, 3.63) is 147 Å². The summed E-state index contributed by atoms with van der Waals surface area (Å²) in [5.41, 5.74) is 4.88. The molecular formula is C45H43F2N7O8S2. The molecule has 64 heavy (non-hydrogen) atoms. The molecule has 15 nitrogen and oxygen atoms in total. The average Bonchev–Trinajstić information content (AvgIpc) is 3.19. The van der Waals surface area contributed by atoms with Crippen molar-refractivity contribution in [3.63, 3.8) is 0 Å². The maximum absolute atomic E-state index is 15.2. The lowest BCUT2D eigenvalue weighted by molar-refractivity contribution is 0.0691. The lowest BCUT2D eigenvalue weighted by Gasteiger charge is -2.21. The number of halogens is 2. The van der Waals surface area contributed by atoms with E-state index in [9.17, 15) is 35.6 Å². The summed E-state index contributed by atoms with van der Waals surface area (Å²) < 4.78 is 86.9. The van der Waals surface area contributed by atoms with Crippen molar-refractivity contribution in [2.24, 2.45) is 0 Å². The standard InChI is InChI=1S/C24H22FN3O4S.C21H21FN4O4S/c1-24(2,3)28-33(31,32)21-7-5-4-6-17(21)15-8-10-16(19(25)13-15)14-9-11-20-18(12-14)22(29)27-23(30)26-20;1-21(2,3)26-31(29,30)17-7-5-4-6-13(17)12-8-9-14(15(22)10-12)16-11-24-19(23)18(25-16)20(27)28/h4-13,28H,1-3H3,(H2,26,27,29,30);4-11,26H,1-3H3,(H2,23,24)(H,27,28). The highest BCUT2D eigenvalue weighted by Crippen LogP contribution is 2.34. The molecule has 0 aliphatic carbocycles. The second-order valence-electron chi connectivity index (χ2n) is 16.6. The summed E-state index contributed by atoms with van der Waals surface area (Å²) in [6, 6.07) is 25.8. The highest BCUT2D eigenvalue weighted by Gasteiger charge is 2.27. The van der Waals surface area contributed by atoms with Crippen molar-refractivity contribution in [2.45, 2.75) is 62.4 Å². The Bertz CT molecular complexity index is 3310. The number of hydrogen-bond acceptors (Lipinski definition) is 10. The summed E-state index contributed by atoms with van der Waals surface area (Å²) >= 11 is 0. The zero-order valence-corrected chi connectivity index (χ0v) is 36.9. The summed E-state index contributed by atoms with van der Waals surface area (Å²) in [7, 11) is -7.71. The van der Waals surface area contributed by atoms with Gasteiger partial charge in [-0.1, -0.05) is 60.7 Å². The fourth-order valence-electron chi connectivity index (χ4n) is 6.62. The van der Waals surface area contributed by atoms with E-state index >= 15 is 4.39 Å². The normalized spacial score (nSPS) is 12.1. The van der Waals surface area contributed by atoms with E-state index in [-0.39, 0.29) is 37.8 Å². The van der Waals surface area contributed by atoms with Crippen LogP contribution in [-0.2, 0) is 20.0 Å². The number of hydrogen-bond donors (Lipinski definition) is 6. The minimum Gasteiger partial charge on any atom is -0.476 e. The van der Waals surface area contributed by atoms with Gasteiger partial charge >= 0.3 is 11.7 Å². The number of aromatic amines is 2. The van der Waals surface area contributed by atoms with Crippen LogP contribution in [0.25, 0.3) is 55.5 Å². The van der Waals surface area contributed by atoms with Crippen LogP contribution >= 0.6 is 0 Å². The molecule has 0 amide bonds. The molecule has 2 heterocycles. The minimum absolute atomic E-state index is 0.00639. The van der Waals surface area contributed by atoms with Gasteiger partial charge in [0.15, 0.2) is 11.5 Å². The van der Waals surface area contributed by atoms with Crippen LogP contribution in [0.1, 0.15) is 52.0 Å². The predicted octanol–water partition coefficient (Wildman–Crippen LogP) is 7.07. The molecule has 0 aliphatic rings. The predicted molar refractivity (Wildman–Crippen MR) is 240 cm³/mol. The van der Waals surface area contributed by atoms with Gasteiger partial charge in [-0.15, -0.1) is 0 Å². The zero-order chi connectivity index (χ0) is 46.9. The maximum Gasteiger partial charge on any atom is 0.358 e. The molecule has 19 heteroatoms. The molecule has 7 rings (SSSR count). The molecule has 332 valence electrons. The van der Waals surface area contributed by atoms with E-state index in [4.69, 9.17) is 10.8 Å². The minimum atomic E-state index is -3.87. The highest BCUT2D eigenvalue weighted by atomic mass is 32.2. The number of H-pyrrole nitrogens is 2. The molecular weight excluding hydrogens is 869 g/mol. The van der Waals surface area contributed by atoms with Crippen molar-refractivity contribution in [1.29, 1.82) is 0 Å². The van der Waals surface area contributed by atoms with E-state index in [1.54, 1.807) is 90.1 Å². The van der Waals surface area contributed by atoms with Crippen LogP contribution in [0.2, 0.25) is 0 Å². The van der Waals surface area contributed by atoms with E-state index in [0.717, 1.165) is 0 Å². The Balaban J connectivity index is 0.000000213. The number of carboxylic acid groups (broad SMARTS) is 1. The van der Waals surface area contributed by atoms with Gasteiger partial charge in [0.05, 0.1) is 32.6 Å². The first-order valence-corrected chi connectivity index (χ1v) is 22.3. The second kappa shape index (κ2) is 17.7. The molecule has 0 aliphatic heterocycles. The number of carboxylic acids is 1. The lowest BCUT2D eigenvalue weighted by Crippen LogP contribution is -2.40.